The van der Waals surface area contributed by atoms with E-state index in [1.807, 2.05) is 30.3 Å². The first kappa shape index (κ1) is 22.1. The van der Waals surface area contributed by atoms with Crippen LogP contribution in [-0.4, -0.2) is 30.9 Å². The monoisotopic (exact) mass is 439 g/mol. The molecule has 9 N–H and O–H groups in total. The topological polar surface area (TPSA) is 169 Å². The van der Waals surface area contributed by atoms with Gasteiger partial charge >= 0.3 is 6.09 Å². The summed E-state index contributed by atoms with van der Waals surface area (Å²) in [4.78, 5) is 23.6. The Labute approximate surface area is 186 Å². The minimum Gasteiger partial charge on any atom is -0.493 e. The summed E-state index contributed by atoms with van der Waals surface area (Å²) in [6.45, 7) is 1.05. The summed E-state index contributed by atoms with van der Waals surface area (Å²) < 4.78 is 11.2. The Morgan fingerprint density at radius 2 is 1.94 bits per heavy atom. The van der Waals surface area contributed by atoms with Gasteiger partial charge in [0.2, 0.25) is 5.91 Å². The molecule has 3 atom stereocenters. The van der Waals surface area contributed by atoms with E-state index in [1.54, 1.807) is 12.1 Å². The van der Waals surface area contributed by atoms with Crippen LogP contribution in [0.3, 0.4) is 0 Å². The van der Waals surface area contributed by atoms with Gasteiger partial charge in [0.25, 0.3) is 0 Å². The average molecular weight is 440 g/mol. The van der Waals surface area contributed by atoms with Crippen molar-refractivity contribution >= 4 is 12.0 Å². The Kier molecular flexibility index (Phi) is 6.05. The van der Waals surface area contributed by atoms with Crippen LogP contribution in [0.15, 0.2) is 42.5 Å². The lowest BCUT2D eigenvalue weighted by atomic mass is 9.77. The smallest absolute Gasteiger partial charge is 0.407 e. The van der Waals surface area contributed by atoms with Crippen LogP contribution in [0, 0.1) is 5.92 Å². The van der Waals surface area contributed by atoms with Crippen LogP contribution in [0.1, 0.15) is 51.8 Å². The normalized spacial score (nSPS) is 22.5. The molecule has 0 aromatic heterocycles. The van der Waals surface area contributed by atoms with Crippen LogP contribution >= 0.6 is 0 Å². The van der Waals surface area contributed by atoms with Crippen LogP contribution in [0.5, 0.6) is 5.75 Å². The Hall–Kier alpha value is -3.14. The molecule has 2 amide bonds. The number of benzene rings is 2. The second-order valence-electron chi connectivity index (χ2n) is 8.49. The molecule has 2 aliphatic rings. The summed E-state index contributed by atoms with van der Waals surface area (Å²) in [6.07, 6.45) is 0.851. The number of nitrogens with one attached hydrogen (secondary N) is 1. The minimum atomic E-state index is -1.18. The second kappa shape index (κ2) is 8.78. The van der Waals surface area contributed by atoms with E-state index in [0.717, 1.165) is 11.1 Å². The van der Waals surface area contributed by atoms with E-state index in [2.05, 4.69) is 5.32 Å². The van der Waals surface area contributed by atoms with Gasteiger partial charge in [-0.25, -0.2) is 4.79 Å². The Morgan fingerprint density at radius 3 is 2.66 bits per heavy atom. The standard InChI is InChI=1S/C23H29N5O4/c24-20-16-9-15(21(25)29)10-17-18(16)19(23(20,26)27)14(12-32-17)7-4-8-31-22(30)28-11-13-5-2-1-3-6-13/h1-3,5-6,9-10,14,19-20H,4,7-8,11-12,24,26-27H2,(H2,25,29)(H,28,30)/t14-,19+,20+/m1/s1. The molecule has 0 fully saturated rings. The Balaban J connectivity index is 1.35. The Morgan fingerprint density at radius 1 is 1.19 bits per heavy atom. The minimum absolute atomic E-state index is 0.000193. The lowest BCUT2D eigenvalue weighted by molar-refractivity contribution is 0.0998. The van der Waals surface area contributed by atoms with Crippen LogP contribution in [0.25, 0.3) is 0 Å². The quantitative estimate of drug-likeness (QED) is 0.319. The van der Waals surface area contributed by atoms with Gasteiger partial charge in [0.05, 0.1) is 24.9 Å². The van der Waals surface area contributed by atoms with E-state index in [0.29, 0.717) is 42.9 Å². The zero-order valence-corrected chi connectivity index (χ0v) is 17.8. The molecular weight excluding hydrogens is 410 g/mol. The first-order chi connectivity index (χ1) is 15.3. The number of rotatable bonds is 7. The van der Waals surface area contributed by atoms with Crippen molar-refractivity contribution in [3.05, 3.63) is 64.7 Å². The molecule has 32 heavy (non-hydrogen) atoms. The van der Waals surface area contributed by atoms with Crippen molar-refractivity contribution in [2.75, 3.05) is 13.2 Å². The molecule has 0 bridgehead atoms. The lowest BCUT2D eigenvalue weighted by Crippen LogP contribution is -2.60. The fraction of sp³-hybridized carbons (Fsp3) is 0.391. The molecule has 170 valence electrons. The molecule has 2 aromatic rings. The number of alkyl carbamates (subject to hydrolysis) is 1. The summed E-state index contributed by atoms with van der Waals surface area (Å²) >= 11 is 0. The summed E-state index contributed by atoms with van der Waals surface area (Å²) in [7, 11) is 0. The fourth-order valence-corrected chi connectivity index (χ4v) is 4.73. The molecule has 2 aromatic carbocycles. The molecule has 0 spiro atoms. The van der Waals surface area contributed by atoms with E-state index in [9.17, 15) is 9.59 Å². The highest BCUT2D eigenvalue weighted by Gasteiger charge is 2.53. The Bertz CT molecular complexity index is 1010. The maximum Gasteiger partial charge on any atom is 0.407 e. The first-order valence-corrected chi connectivity index (χ1v) is 10.7. The average Bonchev–Trinajstić information content (AvgIpc) is 2.99. The number of primary amides is 1. The van der Waals surface area contributed by atoms with Gasteiger partial charge < -0.3 is 37.7 Å². The molecule has 1 aliphatic heterocycles. The summed E-state index contributed by atoms with van der Waals surface area (Å²) in [5, 5.41) is 2.73. The molecule has 0 unspecified atom stereocenters. The summed E-state index contributed by atoms with van der Waals surface area (Å²) in [5.41, 5.74) is 26.4. The van der Waals surface area contributed by atoms with Crippen molar-refractivity contribution in [3.63, 3.8) is 0 Å². The lowest BCUT2D eigenvalue weighted by Gasteiger charge is -2.39. The highest BCUT2D eigenvalue weighted by Crippen LogP contribution is 2.54. The third kappa shape index (κ3) is 4.14. The van der Waals surface area contributed by atoms with Crippen LogP contribution in [0.2, 0.25) is 0 Å². The van der Waals surface area contributed by atoms with E-state index in [1.165, 1.54) is 0 Å². The molecule has 0 saturated carbocycles. The molecule has 9 heteroatoms. The van der Waals surface area contributed by atoms with Gasteiger partial charge in [0.15, 0.2) is 0 Å². The molecule has 9 nitrogen and oxygen atoms in total. The van der Waals surface area contributed by atoms with Crippen molar-refractivity contribution in [2.24, 2.45) is 28.9 Å². The van der Waals surface area contributed by atoms with Crippen LogP contribution in [0.4, 0.5) is 4.79 Å². The third-order valence-corrected chi connectivity index (χ3v) is 6.34. The highest BCUT2D eigenvalue weighted by molar-refractivity contribution is 5.94. The van der Waals surface area contributed by atoms with Crippen molar-refractivity contribution in [1.82, 2.24) is 5.32 Å². The predicted molar refractivity (Wildman–Crippen MR) is 119 cm³/mol. The zero-order chi connectivity index (χ0) is 22.9. The van der Waals surface area contributed by atoms with Crippen molar-refractivity contribution in [1.29, 1.82) is 0 Å². The fourth-order valence-electron chi connectivity index (χ4n) is 4.73. The van der Waals surface area contributed by atoms with Gasteiger partial charge in [-0.05, 0) is 36.1 Å². The maximum absolute atomic E-state index is 11.9. The number of hydrogen-bond donors (Lipinski definition) is 5. The molecule has 1 aliphatic carbocycles. The third-order valence-electron chi connectivity index (χ3n) is 6.34. The number of amides is 2. The van der Waals surface area contributed by atoms with Crippen molar-refractivity contribution in [2.45, 2.75) is 37.0 Å². The van der Waals surface area contributed by atoms with Gasteiger partial charge in [-0.15, -0.1) is 0 Å². The number of ether oxygens (including phenoxy) is 2. The van der Waals surface area contributed by atoms with E-state index in [4.69, 9.17) is 32.4 Å². The zero-order valence-electron chi connectivity index (χ0n) is 17.8. The highest BCUT2D eigenvalue weighted by atomic mass is 16.5. The van der Waals surface area contributed by atoms with Gasteiger partial charge in [-0.1, -0.05) is 30.3 Å². The second-order valence-corrected chi connectivity index (χ2v) is 8.49. The van der Waals surface area contributed by atoms with E-state index in [-0.39, 0.29) is 18.4 Å². The summed E-state index contributed by atoms with van der Waals surface area (Å²) in [5.74, 6) is -0.236. The largest absolute Gasteiger partial charge is 0.493 e. The summed E-state index contributed by atoms with van der Waals surface area (Å²) in [6, 6.07) is 12.2. The van der Waals surface area contributed by atoms with Crippen LogP contribution < -0.4 is 33.0 Å². The van der Waals surface area contributed by atoms with Gasteiger partial charge in [0.1, 0.15) is 5.75 Å². The number of carbonyl (C=O) groups is 2. The number of carbonyl (C=O) groups excluding carboxylic acids is 2. The first-order valence-electron chi connectivity index (χ1n) is 10.7. The van der Waals surface area contributed by atoms with Gasteiger partial charge in [-0.2, -0.15) is 0 Å². The molecule has 0 saturated heterocycles. The number of hydrogen-bond acceptors (Lipinski definition) is 7. The molecule has 1 heterocycles. The van der Waals surface area contributed by atoms with Crippen molar-refractivity contribution < 1.29 is 19.1 Å². The molecular formula is C23H29N5O4. The molecule has 0 radical (unpaired) electrons. The molecule has 4 rings (SSSR count). The van der Waals surface area contributed by atoms with E-state index < -0.39 is 23.7 Å². The van der Waals surface area contributed by atoms with E-state index >= 15 is 0 Å². The van der Waals surface area contributed by atoms with Gasteiger partial charge in [0, 0.05) is 29.5 Å². The maximum atomic E-state index is 11.9. The van der Waals surface area contributed by atoms with Gasteiger partial charge in [-0.3, -0.25) is 4.79 Å². The predicted octanol–water partition coefficient (Wildman–Crippen LogP) is 1.21. The number of nitrogens with two attached hydrogens (primary N) is 4. The van der Waals surface area contributed by atoms with Crippen LogP contribution in [-0.2, 0) is 11.3 Å². The SMILES string of the molecule is NC(=O)c1cc2c3c(c1)[C@H](N)C(N)(N)[C@H]3[C@H](CCCOC(=O)NCc1ccccc1)CO2. The van der Waals surface area contributed by atoms with Crippen molar-refractivity contribution in [3.8, 4) is 5.75 Å².